The van der Waals surface area contributed by atoms with Gasteiger partial charge in [0.1, 0.15) is 5.75 Å². The number of amides is 1. The first-order chi connectivity index (χ1) is 14.1. The van der Waals surface area contributed by atoms with Gasteiger partial charge in [0.25, 0.3) is 0 Å². The SMILES string of the molecule is CCCCOc1cccc(-c2ccc(-c3cccc(C)c3)cc2/C=C/C(N)=O)c1. The Bertz CT molecular complexity index is 1020. The fraction of sp³-hybridized carbons (Fsp3) is 0.192. The fourth-order valence-corrected chi connectivity index (χ4v) is 3.23. The quantitative estimate of drug-likeness (QED) is 0.381. The van der Waals surface area contributed by atoms with Crippen LogP contribution in [-0.4, -0.2) is 12.5 Å². The highest BCUT2D eigenvalue weighted by Crippen LogP contribution is 2.32. The zero-order chi connectivity index (χ0) is 20.6. The van der Waals surface area contributed by atoms with E-state index >= 15 is 0 Å². The smallest absolute Gasteiger partial charge is 0.241 e. The van der Waals surface area contributed by atoms with Crippen LogP contribution in [-0.2, 0) is 4.79 Å². The van der Waals surface area contributed by atoms with Gasteiger partial charge in [-0.3, -0.25) is 4.79 Å². The number of aryl methyl sites for hydroxylation is 1. The number of primary amides is 1. The molecule has 3 rings (SSSR count). The van der Waals surface area contributed by atoms with Crippen LogP contribution in [0.25, 0.3) is 28.3 Å². The van der Waals surface area contributed by atoms with Crippen molar-refractivity contribution in [1.82, 2.24) is 0 Å². The largest absolute Gasteiger partial charge is 0.494 e. The van der Waals surface area contributed by atoms with Crippen LogP contribution in [0.15, 0.2) is 72.8 Å². The van der Waals surface area contributed by atoms with Gasteiger partial charge < -0.3 is 10.5 Å². The van der Waals surface area contributed by atoms with Gasteiger partial charge in [-0.05, 0) is 65.4 Å². The van der Waals surface area contributed by atoms with Crippen LogP contribution < -0.4 is 10.5 Å². The molecular formula is C26H27NO2. The maximum atomic E-state index is 11.3. The number of carbonyl (C=O) groups is 1. The normalized spacial score (nSPS) is 11.0. The Morgan fingerprint density at radius 1 is 0.966 bits per heavy atom. The summed E-state index contributed by atoms with van der Waals surface area (Å²) < 4.78 is 5.86. The molecular weight excluding hydrogens is 358 g/mol. The summed E-state index contributed by atoms with van der Waals surface area (Å²) in [5.74, 6) is 0.386. The number of hydrogen-bond donors (Lipinski definition) is 1. The summed E-state index contributed by atoms with van der Waals surface area (Å²) >= 11 is 0. The van der Waals surface area contributed by atoms with Crippen LogP contribution in [0.5, 0.6) is 5.75 Å². The van der Waals surface area contributed by atoms with Crippen LogP contribution in [0.1, 0.15) is 30.9 Å². The van der Waals surface area contributed by atoms with Crippen LogP contribution in [0.3, 0.4) is 0 Å². The van der Waals surface area contributed by atoms with Gasteiger partial charge in [-0.15, -0.1) is 0 Å². The maximum Gasteiger partial charge on any atom is 0.241 e. The van der Waals surface area contributed by atoms with Gasteiger partial charge in [0.2, 0.25) is 5.91 Å². The Balaban J connectivity index is 2.01. The lowest BCUT2D eigenvalue weighted by Gasteiger charge is -2.12. The van der Waals surface area contributed by atoms with E-state index in [-0.39, 0.29) is 0 Å². The van der Waals surface area contributed by atoms with Gasteiger partial charge in [0, 0.05) is 6.08 Å². The molecule has 0 aliphatic heterocycles. The van der Waals surface area contributed by atoms with Crippen molar-refractivity contribution in [3.8, 4) is 28.0 Å². The minimum Gasteiger partial charge on any atom is -0.494 e. The summed E-state index contributed by atoms with van der Waals surface area (Å²) in [5.41, 5.74) is 11.8. The molecule has 0 fully saturated rings. The monoisotopic (exact) mass is 385 g/mol. The molecule has 0 aliphatic rings. The molecule has 0 aliphatic carbocycles. The van der Waals surface area contributed by atoms with E-state index < -0.39 is 5.91 Å². The topological polar surface area (TPSA) is 52.3 Å². The van der Waals surface area contributed by atoms with Crippen molar-refractivity contribution in [2.45, 2.75) is 26.7 Å². The number of ether oxygens (including phenoxy) is 1. The summed E-state index contributed by atoms with van der Waals surface area (Å²) in [7, 11) is 0. The molecule has 0 heterocycles. The predicted molar refractivity (Wildman–Crippen MR) is 121 cm³/mol. The molecule has 29 heavy (non-hydrogen) atoms. The van der Waals surface area contributed by atoms with Crippen molar-refractivity contribution in [3.05, 3.63) is 83.9 Å². The molecule has 2 N–H and O–H groups in total. The van der Waals surface area contributed by atoms with Gasteiger partial charge >= 0.3 is 0 Å². The number of unbranched alkanes of at least 4 members (excludes halogenated alkanes) is 1. The molecule has 0 spiro atoms. The van der Waals surface area contributed by atoms with E-state index in [1.165, 1.54) is 11.6 Å². The average molecular weight is 386 g/mol. The molecule has 0 atom stereocenters. The number of nitrogens with two attached hydrogens (primary N) is 1. The number of benzene rings is 3. The summed E-state index contributed by atoms with van der Waals surface area (Å²) in [4.78, 5) is 11.3. The van der Waals surface area contributed by atoms with Gasteiger partial charge in [-0.25, -0.2) is 0 Å². The molecule has 1 amide bonds. The average Bonchev–Trinajstić information content (AvgIpc) is 2.72. The number of carbonyl (C=O) groups excluding carboxylic acids is 1. The molecule has 0 bridgehead atoms. The Kier molecular flexibility index (Phi) is 6.85. The molecule has 3 aromatic carbocycles. The lowest BCUT2D eigenvalue weighted by Crippen LogP contribution is -2.05. The zero-order valence-corrected chi connectivity index (χ0v) is 17.0. The first-order valence-electron chi connectivity index (χ1n) is 9.98. The highest BCUT2D eigenvalue weighted by molar-refractivity contribution is 5.92. The second kappa shape index (κ2) is 9.74. The zero-order valence-electron chi connectivity index (χ0n) is 17.0. The van der Waals surface area contributed by atoms with Crippen molar-refractivity contribution in [1.29, 1.82) is 0 Å². The Hall–Kier alpha value is -3.33. The Labute approximate surface area is 172 Å². The van der Waals surface area contributed by atoms with Crippen molar-refractivity contribution >= 4 is 12.0 Å². The molecule has 0 radical (unpaired) electrons. The highest BCUT2D eigenvalue weighted by Gasteiger charge is 2.08. The first kappa shape index (κ1) is 20.4. The molecule has 0 saturated carbocycles. The summed E-state index contributed by atoms with van der Waals surface area (Å²) in [6.45, 7) is 4.93. The second-order valence-electron chi connectivity index (χ2n) is 7.14. The summed E-state index contributed by atoms with van der Waals surface area (Å²) in [5, 5.41) is 0. The molecule has 0 aromatic heterocycles. The molecule has 3 aromatic rings. The molecule has 3 heteroatoms. The van der Waals surface area contributed by atoms with E-state index in [2.05, 4.69) is 62.4 Å². The molecule has 3 nitrogen and oxygen atoms in total. The van der Waals surface area contributed by atoms with E-state index in [0.717, 1.165) is 46.4 Å². The van der Waals surface area contributed by atoms with E-state index in [9.17, 15) is 4.79 Å². The second-order valence-corrected chi connectivity index (χ2v) is 7.14. The molecule has 0 unspecified atom stereocenters. The third-order valence-electron chi connectivity index (χ3n) is 4.74. The standard InChI is InChI=1S/C26H27NO2/c1-3-4-15-29-24-10-6-9-22(18-24)25-13-11-21(17-23(25)12-14-26(27)28)20-8-5-7-19(2)16-20/h5-14,16-18H,3-4,15H2,1-2H3,(H2,27,28)/b14-12+. The Morgan fingerprint density at radius 2 is 1.72 bits per heavy atom. The predicted octanol–water partition coefficient (Wildman–Crippen LogP) is 6.01. The van der Waals surface area contributed by atoms with Crippen LogP contribution >= 0.6 is 0 Å². The molecule has 148 valence electrons. The van der Waals surface area contributed by atoms with Gasteiger partial charge in [0.05, 0.1) is 6.61 Å². The highest BCUT2D eigenvalue weighted by atomic mass is 16.5. The van der Waals surface area contributed by atoms with Gasteiger partial charge in [-0.2, -0.15) is 0 Å². The summed E-state index contributed by atoms with van der Waals surface area (Å²) in [6, 6.07) is 22.7. The minimum absolute atomic E-state index is 0.464. The van der Waals surface area contributed by atoms with E-state index in [1.54, 1.807) is 6.08 Å². The number of rotatable bonds is 8. The van der Waals surface area contributed by atoms with E-state index in [1.807, 2.05) is 18.2 Å². The van der Waals surface area contributed by atoms with Crippen LogP contribution in [0, 0.1) is 6.92 Å². The molecule has 0 saturated heterocycles. The lowest BCUT2D eigenvalue weighted by atomic mass is 9.94. The maximum absolute atomic E-state index is 11.3. The van der Waals surface area contributed by atoms with Gasteiger partial charge in [0.15, 0.2) is 0 Å². The van der Waals surface area contributed by atoms with E-state index in [4.69, 9.17) is 10.5 Å². The van der Waals surface area contributed by atoms with E-state index in [0.29, 0.717) is 6.61 Å². The fourth-order valence-electron chi connectivity index (χ4n) is 3.23. The third kappa shape index (κ3) is 5.58. The van der Waals surface area contributed by atoms with Crippen LogP contribution in [0.2, 0.25) is 0 Å². The van der Waals surface area contributed by atoms with Crippen molar-refractivity contribution < 1.29 is 9.53 Å². The third-order valence-corrected chi connectivity index (χ3v) is 4.74. The lowest BCUT2D eigenvalue weighted by molar-refractivity contribution is -0.113. The van der Waals surface area contributed by atoms with Crippen molar-refractivity contribution in [2.75, 3.05) is 6.61 Å². The number of hydrogen-bond acceptors (Lipinski definition) is 2. The summed E-state index contributed by atoms with van der Waals surface area (Å²) in [6.07, 6.45) is 5.31. The van der Waals surface area contributed by atoms with Crippen molar-refractivity contribution in [3.63, 3.8) is 0 Å². The first-order valence-corrected chi connectivity index (χ1v) is 9.98. The van der Waals surface area contributed by atoms with Crippen molar-refractivity contribution in [2.24, 2.45) is 5.73 Å². The minimum atomic E-state index is -0.464. The van der Waals surface area contributed by atoms with Gasteiger partial charge in [-0.1, -0.05) is 67.4 Å². The van der Waals surface area contributed by atoms with Crippen LogP contribution in [0.4, 0.5) is 0 Å². The Morgan fingerprint density at radius 3 is 2.48 bits per heavy atom.